The Morgan fingerprint density at radius 2 is 1.45 bits per heavy atom. The van der Waals surface area contributed by atoms with Gasteiger partial charge < -0.3 is 10.1 Å². The fourth-order valence-electron chi connectivity index (χ4n) is 2.78. The molecule has 5 nitrogen and oxygen atoms in total. The zero-order chi connectivity index (χ0) is 20.6. The number of ether oxygens (including phenoxy) is 1. The van der Waals surface area contributed by atoms with E-state index in [1.165, 1.54) is 0 Å². The standard InChI is InChI=1S/C24H21NO4/c1-17-7-5-6-10-20(17)15-23(27)29-16-22(26)18-11-13-21(14-12-18)25-24(28)19-8-3-2-4-9-19/h2-14H,15-16H2,1H3,(H,25,28). The van der Waals surface area contributed by atoms with E-state index in [1.807, 2.05) is 37.3 Å². The smallest absolute Gasteiger partial charge is 0.310 e. The van der Waals surface area contributed by atoms with Crippen LogP contribution in [0.5, 0.6) is 0 Å². The van der Waals surface area contributed by atoms with Crippen molar-refractivity contribution in [3.63, 3.8) is 0 Å². The third-order valence-corrected chi connectivity index (χ3v) is 4.46. The van der Waals surface area contributed by atoms with Crippen LogP contribution in [0.3, 0.4) is 0 Å². The summed E-state index contributed by atoms with van der Waals surface area (Å²) in [6, 6.07) is 22.9. The van der Waals surface area contributed by atoms with Gasteiger partial charge in [-0.2, -0.15) is 0 Å². The number of esters is 1. The molecule has 0 heterocycles. The minimum Gasteiger partial charge on any atom is -0.457 e. The van der Waals surface area contributed by atoms with Crippen molar-refractivity contribution in [2.45, 2.75) is 13.3 Å². The predicted molar refractivity (Wildman–Crippen MR) is 111 cm³/mol. The third-order valence-electron chi connectivity index (χ3n) is 4.46. The SMILES string of the molecule is Cc1ccccc1CC(=O)OCC(=O)c1ccc(NC(=O)c2ccccc2)cc1. The number of anilines is 1. The Balaban J connectivity index is 1.52. The van der Waals surface area contributed by atoms with Crippen molar-refractivity contribution in [1.82, 2.24) is 0 Å². The Morgan fingerprint density at radius 3 is 2.14 bits per heavy atom. The minimum absolute atomic E-state index is 0.129. The van der Waals surface area contributed by atoms with Crippen molar-refractivity contribution in [2.75, 3.05) is 11.9 Å². The Hall–Kier alpha value is -3.73. The van der Waals surface area contributed by atoms with E-state index in [4.69, 9.17) is 4.74 Å². The molecule has 0 aliphatic rings. The number of carbonyl (C=O) groups is 3. The fourth-order valence-corrected chi connectivity index (χ4v) is 2.78. The van der Waals surface area contributed by atoms with Crippen LogP contribution in [-0.4, -0.2) is 24.3 Å². The molecule has 5 heteroatoms. The van der Waals surface area contributed by atoms with E-state index in [1.54, 1.807) is 48.5 Å². The van der Waals surface area contributed by atoms with Crippen LogP contribution in [-0.2, 0) is 16.0 Å². The molecule has 1 N–H and O–H groups in total. The molecule has 146 valence electrons. The topological polar surface area (TPSA) is 72.5 Å². The van der Waals surface area contributed by atoms with E-state index in [-0.39, 0.29) is 24.7 Å². The van der Waals surface area contributed by atoms with Crippen LogP contribution in [0.15, 0.2) is 78.9 Å². The van der Waals surface area contributed by atoms with Crippen molar-refractivity contribution in [2.24, 2.45) is 0 Å². The highest BCUT2D eigenvalue weighted by Crippen LogP contribution is 2.13. The molecule has 3 aromatic carbocycles. The van der Waals surface area contributed by atoms with Crippen LogP contribution < -0.4 is 5.32 Å². The van der Waals surface area contributed by atoms with Gasteiger partial charge in [-0.25, -0.2) is 0 Å². The summed E-state index contributed by atoms with van der Waals surface area (Å²) in [5.74, 6) is -0.974. The first-order valence-corrected chi connectivity index (χ1v) is 9.23. The molecule has 0 radical (unpaired) electrons. The molecule has 0 aliphatic carbocycles. The van der Waals surface area contributed by atoms with Crippen molar-refractivity contribution >= 4 is 23.3 Å². The second kappa shape index (κ2) is 9.46. The van der Waals surface area contributed by atoms with Gasteiger partial charge in [-0.15, -0.1) is 0 Å². The Morgan fingerprint density at radius 1 is 0.793 bits per heavy atom. The molecule has 0 aromatic heterocycles. The van der Waals surface area contributed by atoms with Gasteiger partial charge in [0.1, 0.15) is 0 Å². The summed E-state index contributed by atoms with van der Waals surface area (Å²) >= 11 is 0. The Kier molecular flexibility index (Phi) is 6.53. The summed E-state index contributed by atoms with van der Waals surface area (Å²) in [4.78, 5) is 36.4. The van der Waals surface area contributed by atoms with Gasteiger partial charge in [0, 0.05) is 16.8 Å². The van der Waals surface area contributed by atoms with Gasteiger partial charge in [0.05, 0.1) is 6.42 Å². The molecular formula is C24H21NO4. The van der Waals surface area contributed by atoms with E-state index in [0.717, 1.165) is 11.1 Å². The number of hydrogen-bond acceptors (Lipinski definition) is 4. The molecule has 0 saturated heterocycles. The van der Waals surface area contributed by atoms with Crippen molar-refractivity contribution in [3.05, 3.63) is 101 Å². The van der Waals surface area contributed by atoms with Crippen molar-refractivity contribution < 1.29 is 19.1 Å². The number of amides is 1. The lowest BCUT2D eigenvalue weighted by atomic mass is 10.1. The van der Waals surface area contributed by atoms with Crippen LogP contribution in [0.2, 0.25) is 0 Å². The number of ketones is 1. The summed E-state index contributed by atoms with van der Waals surface area (Å²) in [7, 11) is 0. The number of Topliss-reactive ketones (excluding diaryl/α,β-unsaturated/α-hetero) is 1. The summed E-state index contributed by atoms with van der Waals surface area (Å²) < 4.78 is 5.11. The van der Waals surface area contributed by atoms with Crippen LogP contribution in [0.1, 0.15) is 31.8 Å². The zero-order valence-electron chi connectivity index (χ0n) is 16.1. The monoisotopic (exact) mass is 387 g/mol. The summed E-state index contributed by atoms with van der Waals surface area (Å²) in [5, 5.41) is 2.77. The van der Waals surface area contributed by atoms with Crippen molar-refractivity contribution in [3.8, 4) is 0 Å². The van der Waals surface area contributed by atoms with Gasteiger partial charge in [0.2, 0.25) is 0 Å². The van der Waals surface area contributed by atoms with E-state index in [2.05, 4.69) is 5.32 Å². The average molecular weight is 387 g/mol. The first-order valence-electron chi connectivity index (χ1n) is 9.23. The van der Waals surface area contributed by atoms with Gasteiger partial charge in [-0.3, -0.25) is 14.4 Å². The maximum atomic E-state index is 12.3. The van der Waals surface area contributed by atoms with Crippen LogP contribution in [0.4, 0.5) is 5.69 Å². The number of rotatable bonds is 7. The van der Waals surface area contributed by atoms with Gasteiger partial charge in [0.15, 0.2) is 12.4 Å². The largest absolute Gasteiger partial charge is 0.457 e. The number of benzene rings is 3. The quantitative estimate of drug-likeness (QED) is 0.487. The Labute approximate surface area is 169 Å². The lowest BCUT2D eigenvalue weighted by Crippen LogP contribution is -2.16. The lowest BCUT2D eigenvalue weighted by molar-refractivity contribution is -0.141. The lowest BCUT2D eigenvalue weighted by Gasteiger charge is -2.08. The average Bonchev–Trinajstić information content (AvgIpc) is 2.75. The second-order valence-electron chi connectivity index (χ2n) is 6.58. The molecule has 0 spiro atoms. The molecule has 0 fully saturated rings. The first-order chi connectivity index (χ1) is 14.0. The van der Waals surface area contributed by atoms with E-state index < -0.39 is 5.97 Å². The number of carbonyl (C=O) groups excluding carboxylic acids is 3. The van der Waals surface area contributed by atoms with E-state index >= 15 is 0 Å². The fraction of sp³-hybridized carbons (Fsp3) is 0.125. The molecule has 3 rings (SSSR count). The number of nitrogens with one attached hydrogen (secondary N) is 1. The molecule has 0 unspecified atom stereocenters. The molecule has 0 aliphatic heterocycles. The summed E-state index contributed by atoms with van der Waals surface area (Å²) in [6.07, 6.45) is 0.129. The van der Waals surface area contributed by atoms with Crippen LogP contribution in [0, 0.1) is 6.92 Å². The minimum atomic E-state index is -0.445. The first kappa shape index (κ1) is 20.0. The highest BCUT2D eigenvalue weighted by Gasteiger charge is 2.12. The molecule has 0 bridgehead atoms. The highest BCUT2D eigenvalue weighted by molar-refractivity contribution is 6.04. The number of aryl methyl sites for hydroxylation is 1. The third kappa shape index (κ3) is 5.62. The maximum Gasteiger partial charge on any atom is 0.310 e. The van der Waals surface area contributed by atoms with Crippen LogP contribution >= 0.6 is 0 Å². The normalized spacial score (nSPS) is 10.2. The predicted octanol–water partition coefficient (Wildman–Crippen LogP) is 4.22. The van der Waals surface area contributed by atoms with Gasteiger partial charge in [-0.1, -0.05) is 42.5 Å². The Bertz CT molecular complexity index is 1010. The van der Waals surface area contributed by atoms with Crippen LogP contribution in [0.25, 0.3) is 0 Å². The molecule has 3 aromatic rings. The second-order valence-corrected chi connectivity index (χ2v) is 6.58. The zero-order valence-corrected chi connectivity index (χ0v) is 16.1. The highest BCUT2D eigenvalue weighted by atomic mass is 16.5. The van der Waals surface area contributed by atoms with Gasteiger partial charge in [-0.05, 0) is 54.4 Å². The number of hydrogen-bond donors (Lipinski definition) is 1. The molecule has 0 atom stereocenters. The molecule has 1 amide bonds. The maximum absolute atomic E-state index is 12.3. The summed E-state index contributed by atoms with van der Waals surface area (Å²) in [5.41, 5.74) is 3.42. The van der Waals surface area contributed by atoms with E-state index in [0.29, 0.717) is 16.8 Å². The van der Waals surface area contributed by atoms with Crippen molar-refractivity contribution in [1.29, 1.82) is 0 Å². The summed E-state index contributed by atoms with van der Waals surface area (Å²) in [6.45, 7) is 1.60. The molecular weight excluding hydrogens is 366 g/mol. The van der Waals surface area contributed by atoms with E-state index in [9.17, 15) is 14.4 Å². The van der Waals surface area contributed by atoms with Gasteiger partial charge in [0.25, 0.3) is 5.91 Å². The van der Waals surface area contributed by atoms with Gasteiger partial charge >= 0.3 is 5.97 Å². The molecule has 29 heavy (non-hydrogen) atoms. The molecule has 0 saturated carbocycles.